The highest BCUT2D eigenvalue weighted by atomic mass is 16.5. The number of carbonyl (C=O) groups is 1. The molecule has 0 saturated carbocycles. The molecule has 0 aliphatic carbocycles. The van der Waals surface area contributed by atoms with Crippen molar-refractivity contribution in [2.45, 2.75) is 33.3 Å². The minimum absolute atomic E-state index is 0.0950. The molecule has 3 aromatic carbocycles. The molecule has 1 aliphatic rings. The van der Waals surface area contributed by atoms with E-state index in [0.29, 0.717) is 19.1 Å². The number of carboxylic acids is 1. The van der Waals surface area contributed by atoms with Crippen molar-refractivity contribution in [1.82, 2.24) is 9.97 Å². The normalized spacial score (nSPS) is 12.5. The molecule has 0 saturated heterocycles. The molecule has 0 amide bonds. The van der Waals surface area contributed by atoms with Crippen LogP contribution in [0.1, 0.15) is 27.8 Å². The van der Waals surface area contributed by atoms with Gasteiger partial charge in [-0.25, -0.2) is 4.98 Å². The van der Waals surface area contributed by atoms with Crippen molar-refractivity contribution in [1.29, 1.82) is 0 Å². The minimum atomic E-state index is -0.881. The van der Waals surface area contributed by atoms with Gasteiger partial charge >= 0.3 is 5.97 Å². The molecular weight excluding hydrogens is 464 g/mol. The van der Waals surface area contributed by atoms with Gasteiger partial charge in [0, 0.05) is 35.0 Å². The lowest BCUT2D eigenvalue weighted by Gasteiger charge is -2.21. The zero-order valence-corrected chi connectivity index (χ0v) is 20.7. The molecule has 37 heavy (non-hydrogen) atoms. The lowest BCUT2D eigenvalue weighted by molar-refractivity contribution is -0.136. The molecule has 6 nitrogen and oxygen atoms in total. The summed E-state index contributed by atoms with van der Waals surface area (Å²) in [6.45, 7) is 5.05. The van der Waals surface area contributed by atoms with Crippen molar-refractivity contribution in [2.75, 3.05) is 6.61 Å². The lowest BCUT2D eigenvalue weighted by atomic mass is 9.88. The molecule has 0 radical (unpaired) electrons. The summed E-state index contributed by atoms with van der Waals surface area (Å²) in [5, 5.41) is 11.6. The van der Waals surface area contributed by atoms with Crippen LogP contribution in [0.3, 0.4) is 0 Å². The van der Waals surface area contributed by atoms with Crippen LogP contribution in [-0.2, 0) is 24.2 Å². The smallest absolute Gasteiger partial charge is 0.307 e. The molecular formula is C31H26N2O4. The van der Waals surface area contributed by atoms with Crippen LogP contribution in [0.15, 0.2) is 66.9 Å². The highest BCUT2D eigenvalue weighted by Gasteiger charge is 2.22. The Balaban J connectivity index is 1.51. The van der Waals surface area contributed by atoms with Gasteiger partial charge in [0.15, 0.2) is 0 Å². The van der Waals surface area contributed by atoms with Gasteiger partial charge in [-0.3, -0.25) is 9.78 Å². The number of carboxylic acid groups (broad SMARTS) is 1. The zero-order chi connectivity index (χ0) is 25.5. The van der Waals surface area contributed by atoms with Crippen molar-refractivity contribution < 1.29 is 19.4 Å². The van der Waals surface area contributed by atoms with Crippen LogP contribution in [0.25, 0.3) is 32.9 Å². The number of hydrogen-bond donors (Lipinski definition) is 1. The Morgan fingerprint density at radius 2 is 1.89 bits per heavy atom. The Kier molecular flexibility index (Phi) is 5.72. The molecule has 6 rings (SSSR count). The molecule has 0 unspecified atom stereocenters. The van der Waals surface area contributed by atoms with Gasteiger partial charge in [0.2, 0.25) is 5.88 Å². The Labute approximate surface area is 214 Å². The summed E-state index contributed by atoms with van der Waals surface area (Å²) in [5.74, 6) is 0.455. The summed E-state index contributed by atoms with van der Waals surface area (Å²) in [6, 6.07) is 20.0. The van der Waals surface area contributed by atoms with Gasteiger partial charge < -0.3 is 14.6 Å². The second-order valence-corrected chi connectivity index (χ2v) is 9.51. The number of nitrogens with zero attached hydrogens (tertiary/aromatic N) is 2. The van der Waals surface area contributed by atoms with E-state index in [-0.39, 0.29) is 6.42 Å². The number of aliphatic carboxylic acids is 1. The van der Waals surface area contributed by atoms with Crippen LogP contribution >= 0.6 is 0 Å². The molecule has 3 heterocycles. The lowest BCUT2D eigenvalue weighted by Crippen LogP contribution is -2.10. The molecule has 5 aromatic rings. The van der Waals surface area contributed by atoms with Gasteiger partial charge in [0.1, 0.15) is 12.4 Å². The monoisotopic (exact) mass is 490 g/mol. The van der Waals surface area contributed by atoms with E-state index in [2.05, 4.69) is 19.1 Å². The standard InChI is InChI=1S/C31H26N2O4/c1-18-3-5-20(6-4-18)17-37-27-10-8-22-25(33-27)15-19(2)24(16-28(34)35)30(22)23-7-9-26-29-21(12-14-36-26)11-13-32-31(23)29/h3-11,13,15H,12,14,16-17H2,1-2H3,(H,34,35). The SMILES string of the molecule is Cc1ccc(COc2ccc3c(-c4ccc5c6c(ccnc46)CCO5)c(CC(=O)O)c(C)cc3n2)cc1. The first kappa shape index (κ1) is 23.0. The van der Waals surface area contributed by atoms with E-state index in [0.717, 1.165) is 61.8 Å². The van der Waals surface area contributed by atoms with Crippen LogP contribution in [0, 0.1) is 13.8 Å². The molecule has 1 aliphatic heterocycles. The van der Waals surface area contributed by atoms with Gasteiger partial charge in [-0.1, -0.05) is 29.8 Å². The fraction of sp³-hybridized carbons (Fsp3) is 0.194. The van der Waals surface area contributed by atoms with Crippen molar-refractivity contribution in [3.8, 4) is 22.8 Å². The molecule has 184 valence electrons. The predicted molar refractivity (Wildman–Crippen MR) is 143 cm³/mol. The van der Waals surface area contributed by atoms with E-state index < -0.39 is 5.97 Å². The van der Waals surface area contributed by atoms with Gasteiger partial charge in [-0.05, 0) is 72.0 Å². The summed E-state index contributed by atoms with van der Waals surface area (Å²) >= 11 is 0. The Hall–Kier alpha value is -4.45. The number of hydrogen-bond acceptors (Lipinski definition) is 5. The first-order valence-corrected chi connectivity index (χ1v) is 12.3. The van der Waals surface area contributed by atoms with Crippen molar-refractivity contribution in [2.24, 2.45) is 0 Å². The van der Waals surface area contributed by atoms with E-state index in [4.69, 9.17) is 19.4 Å². The fourth-order valence-corrected chi connectivity index (χ4v) is 5.14. The second kappa shape index (κ2) is 9.21. The summed E-state index contributed by atoms with van der Waals surface area (Å²) in [5.41, 5.74) is 8.37. The highest BCUT2D eigenvalue weighted by Crippen LogP contribution is 2.42. The number of aryl methyl sites for hydroxylation is 2. The van der Waals surface area contributed by atoms with Crippen LogP contribution in [-0.4, -0.2) is 27.7 Å². The van der Waals surface area contributed by atoms with E-state index >= 15 is 0 Å². The molecule has 0 atom stereocenters. The minimum Gasteiger partial charge on any atom is -0.493 e. The maximum atomic E-state index is 11.9. The van der Waals surface area contributed by atoms with Crippen LogP contribution in [0.4, 0.5) is 0 Å². The quantitative estimate of drug-likeness (QED) is 0.305. The number of rotatable bonds is 6. The van der Waals surface area contributed by atoms with E-state index in [1.165, 1.54) is 11.1 Å². The van der Waals surface area contributed by atoms with Crippen molar-refractivity contribution in [3.63, 3.8) is 0 Å². The zero-order valence-electron chi connectivity index (χ0n) is 20.7. The van der Waals surface area contributed by atoms with Gasteiger partial charge in [0.25, 0.3) is 0 Å². The number of benzene rings is 3. The third-order valence-corrected chi connectivity index (χ3v) is 6.97. The highest BCUT2D eigenvalue weighted by molar-refractivity contribution is 6.07. The number of ether oxygens (including phenoxy) is 2. The molecule has 2 aromatic heterocycles. The topological polar surface area (TPSA) is 81.5 Å². The summed E-state index contributed by atoms with van der Waals surface area (Å²) < 4.78 is 11.9. The molecule has 6 heteroatoms. The summed E-state index contributed by atoms with van der Waals surface area (Å²) in [7, 11) is 0. The van der Waals surface area contributed by atoms with E-state index in [1.54, 1.807) is 0 Å². The molecule has 0 bridgehead atoms. The van der Waals surface area contributed by atoms with Crippen molar-refractivity contribution >= 4 is 27.8 Å². The van der Waals surface area contributed by atoms with Crippen LogP contribution in [0.5, 0.6) is 11.6 Å². The van der Waals surface area contributed by atoms with Crippen LogP contribution < -0.4 is 9.47 Å². The Morgan fingerprint density at radius 3 is 2.70 bits per heavy atom. The van der Waals surface area contributed by atoms with E-state index in [9.17, 15) is 9.90 Å². The Bertz CT molecular complexity index is 1670. The molecule has 1 N–H and O–H groups in total. The van der Waals surface area contributed by atoms with Gasteiger partial charge in [0.05, 0.1) is 24.1 Å². The largest absolute Gasteiger partial charge is 0.493 e. The number of pyridine rings is 2. The third-order valence-electron chi connectivity index (χ3n) is 6.97. The third kappa shape index (κ3) is 4.25. The number of fused-ring (bicyclic) bond motifs is 1. The average molecular weight is 491 g/mol. The molecule has 0 fully saturated rings. The average Bonchev–Trinajstić information content (AvgIpc) is 2.89. The van der Waals surface area contributed by atoms with Crippen LogP contribution in [0.2, 0.25) is 0 Å². The van der Waals surface area contributed by atoms with E-state index in [1.807, 2.05) is 61.7 Å². The first-order valence-electron chi connectivity index (χ1n) is 12.3. The number of aromatic nitrogens is 2. The maximum Gasteiger partial charge on any atom is 0.307 e. The Morgan fingerprint density at radius 1 is 1.05 bits per heavy atom. The maximum absolute atomic E-state index is 11.9. The van der Waals surface area contributed by atoms with Gasteiger partial charge in [-0.15, -0.1) is 0 Å². The predicted octanol–water partition coefficient (Wildman–Crippen LogP) is 6.21. The second-order valence-electron chi connectivity index (χ2n) is 9.51. The van der Waals surface area contributed by atoms with Crippen molar-refractivity contribution in [3.05, 3.63) is 94.7 Å². The summed E-state index contributed by atoms with van der Waals surface area (Å²) in [6.07, 6.45) is 2.54. The summed E-state index contributed by atoms with van der Waals surface area (Å²) in [4.78, 5) is 21.4. The fourth-order valence-electron chi connectivity index (χ4n) is 5.14. The van der Waals surface area contributed by atoms with Gasteiger partial charge in [-0.2, -0.15) is 0 Å². The first-order chi connectivity index (χ1) is 18.0. The molecule has 0 spiro atoms.